The van der Waals surface area contributed by atoms with Crippen molar-refractivity contribution < 1.29 is 33.3 Å². The molecule has 2 aromatic rings. The summed E-state index contributed by atoms with van der Waals surface area (Å²) in [6, 6.07) is 11.5. The molecule has 0 aliphatic rings. The zero-order valence-corrected chi connectivity index (χ0v) is 19.5. The molecule has 0 saturated carbocycles. The molecule has 0 amide bonds. The van der Waals surface area contributed by atoms with Crippen molar-refractivity contribution in [2.75, 3.05) is 28.4 Å². The van der Waals surface area contributed by atoms with Crippen LogP contribution in [0, 0.1) is 11.8 Å². The van der Waals surface area contributed by atoms with Crippen LogP contribution in [-0.2, 0) is 19.1 Å². The summed E-state index contributed by atoms with van der Waals surface area (Å²) in [7, 11) is 5.35. The summed E-state index contributed by atoms with van der Waals surface area (Å²) in [5.41, 5.74) is 0.956. The minimum absolute atomic E-state index is 0.234. The van der Waals surface area contributed by atoms with Gasteiger partial charge in [0, 0.05) is 22.4 Å². The molecule has 0 spiro atoms. The Bertz CT molecular complexity index is 939. The lowest BCUT2D eigenvalue weighted by Gasteiger charge is -2.30. The van der Waals surface area contributed by atoms with Gasteiger partial charge < -0.3 is 18.9 Å². The molecule has 172 valence electrons. The summed E-state index contributed by atoms with van der Waals surface area (Å²) in [6.45, 7) is 1.82. The van der Waals surface area contributed by atoms with Crippen molar-refractivity contribution in [3.8, 4) is 11.5 Å². The molecule has 2 unspecified atom stereocenters. The number of hydrogen-bond donors (Lipinski definition) is 0. The van der Waals surface area contributed by atoms with E-state index in [9.17, 15) is 14.4 Å². The first-order valence-electron chi connectivity index (χ1n) is 10.00. The first-order valence-corrected chi connectivity index (χ1v) is 10.4. The molecule has 8 heteroatoms. The van der Waals surface area contributed by atoms with Crippen molar-refractivity contribution in [1.29, 1.82) is 0 Å². The average molecular weight is 463 g/mol. The highest BCUT2D eigenvalue weighted by molar-refractivity contribution is 6.30. The fourth-order valence-electron chi connectivity index (χ4n) is 3.79. The summed E-state index contributed by atoms with van der Waals surface area (Å²) in [6.07, 6.45) is 0.352. The Morgan fingerprint density at radius 2 is 1.41 bits per heavy atom. The van der Waals surface area contributed by atoms with Crippen LogP contribution in [0.15, 0.2) is 42.5 Å². The van der Waals surface area contributed by atoms with Crippen molar-refractivity contribution in [3.63, 3.8) is 0 Å². The number of ether oxygens (including phenoxy) is 4. The predicted octanol–water partition coefficient (Wildman–Crippen LogP) is 4.31. The highest BCUT2D eigenvalue weighted by Gasteiger charge is 2.44. The van der Waals surface area contributed by atoms with E-state index in [1.807, 2.05) is 6.92 Å². The first-order chi connectivity index (χ1) is 15.3. The quantitative estimate of drug-likeness (QED) is 0.295. The molecular formula is C24H27ClO7. The number of hydrogen-bond acceptors (Lipinski definition) is 7. The Hall–Kier alpha value is -3.06. The van der Waals surface area contributed by atoms with E-state index in [4.69, 9.17) is 30.5 Å². The molecule has 0 heterocycles. The second-order valence-corrected chi connectivity index (χ2v) is 7.49. The molecule has 0 radical (unpaired) electrons. The van der Waals surface area contributed by atoms with Crippen molar-refractivity contribution in [1.82, 2.24) is 0 Å². The molecule has 0 bridgehead atoms. The molecule has 32 heavy (non-hydrogen) atoms. The van der Waals surface area contributed by atoms with Crippen LogP contribution in [0.1, 0.15) is 35.2 Å². The van der Waals surface area contributed by atoms with Gasteiger partial charge in [-0.15, -0.1) is 0 Å². The Labute approximate surface area is 192 Å². The lowest BCUT2D eigenvalue weighted by atomic mass is 9.72. The number of halogens is 1. The Balaban J connectivity index is 2.70. The standard InChI is InChI=1S/C24H27ClO7/c1-6-17(22(26)14-7-10-16(25)11-8-14)20(21(23(27)31-4)24(28)32-5)15-9-12-18(29-2)19(13-15)30-3/h7-13,17,20-21H,6H2,1-5H3. The number of esters is 2. The Morgan fingerprint density at radius 3 is 1.88 bits per heavy atom. The van der Waals surface area contributed by atoms with E-state index < -0.39 is 29.7 Å². The second-order valence-electron chi connectivity index (χ2n) is 7.05. The van der Waals surface area contributed by atoms with Crippen LogP contribution in [-0.4, -0.2) is 46.2 Å². The van der Waals surface area contributed by atoms with Gasteiger partial charge in [-0.25, -0.2) is 0 Å². The van der Waals surface area contributed by atoms with Gasteiger partial charge in [0.05, 0.1) is 28.4 Å². The van der Waals surface area contributed by atoms with Gasteiger partial charge in [0.15, 0.2) is 23.2 Å². The van der Waals surface area contributed by atoms with E-state index in [-0.39, 0.29) is 5.78 Å². The van der Waals surface area contributed by atoms with Crippen LogP contribution >= 0.6 is 11.6 Å². The average Bonchev–Trinajstić information content (AvgIpc) is 2.82. The van der Waals surface area contributed by atoms with E-state index in [2.05, 4.69) is 0 Å². The molecule has 7 nitrogen and oxygen atoms in total. The molecule has 0 aliphatic heterocycles. The summed E-state index contributed by atoms with van der Waals surface area (Å²) in [5.74, 6) is -3.92. The zero-order valence-electron chi connectivity index (χ0n) is 18.7. The number of methoxy groups -OCH3 is 4. The van der Waals surface area contributed by atoms with Crippen LogP contribution in [0.2, 0.25) is 5.02 Å². The highest BCUT2D eigenvalue weighted by atomic mass is 35.5. The van der Waals surface area contributed by atoms with Crippen molar-refractivity contribution >= 4 is 29.3 Å². The van der Waals surface area contributed by atoms with Crippen molar-refractivity contribution in [2.24, 2.45) is 11.8 Å². The smallest absolute Gasteiger partial charge is 0.320 e. The van der Waals surface area contributed by atoms with Gasteiger partial charge in [0.1, 0.15) is 0 Å². The van der Waals surface area contributed by atoms with E-state index in [0.717, 1.165) is 0 Å². The van der Waals surface area contributed by atoms with Crippen molar-refractivity contribution in [2.45, 2.75) is 19.3 Å². The summed E-state index contributed by atoms with van der Waals surface area (Å²) in [5, 5.41) is 0.494. The van der Waals surface area contributed by atoms with Crippen LogP contribution in [0.4, 0.5) is 0 Å². The molecule has 2 rings (SSSR count). The van der Waals surface area contributed by atoms with Gasteiger partial charge in [0.2, 0.25) is 0 Å². The minimum atomic E-state index is -1.36. The van der Waals surface area contributed by atoms with Crippen molar-refractivity contribution in [3.05, 3.63) is 58.6 Å². The van der Waals surface area contributed by atoms with Crippen LogP contribution in [0.5, 0.6) is 11.5 Å². The Kier molecular flexibility index (Phi) is 9.08. The largest absolute Gasteiger partial charge is 0.493 e. The maximum atomic E-state index is 13.5. The highest BCUT2D eigenvalue weighted by Crippen LogP contribution is 2.41. The number of Topliss-reactive ketones (excluding diaryl/α,β-unsaturated/α-hetero) is 1. The molecule has 0 fully saturated rings. The molecule has 0 saturated heterocycles. The third kappa shape index (κ3) is 5.40. The SMILES string of the molecule is CCC(C(=O)c1ccc(Cl)cc1)C(c1ccc(OC)c(OC)c1)C(C(=O)OC)C(=O)OC. The number of benzene rings is 2. The Morgan fingerprint density at radius 1 is 0.844 bits per heavy atom. The third-order valence-corrected chi connectivity index (χ3v) is 5.65. The monoisotopic (exact) mass is 462 g/mol. The van der Waals surface area contributed by atoms with E-state index in [1.165, 1.54) is 28.4 Å². The van der Waals surface area contributed by atoms with Crippen LogP contribution in [0.3, 0.4) is 0 Å². The minimum Gasteiger partial charge on any atom is -0.493 e. The van der Waals surface area contributed by atoms with Gasteiger partial charge in [0.25, 0.3) is 0 Å². The lowest BCUT2D eigenvalue weighted by Crippen LogP contribution is -2.38. The molecule has 0 aliphatic carbocycles. The van der Waals surface area contributed by atoms with Crippen LogP contribution in [0.25, 0.3) is 0 Å². The summed E-state index contributed by atoms with van der Waals surface area (Å²) in [4.78, 5) is 38.9. The van der Waals surface area contributed by atoms with Gasteiger partial charge in [-0.3, -0.25) is 14.4 Å². The van der Waals surface area contributed by atoms with Gasteiger partial charge in [-0.2, -0.15) is 0 Å². The van der Waals surface area contributed by atoms with E-state index in [1.54, 1.807) is 42.5 Å². The normalized spacial score (nSPS) is 12.6. The van der Waals surface area contributed by atoms with E-state index >= 15 is 0 Å². The van der Waals surface area contributed by atoms with E-state index in [0.29, 0.717) is 34.1 Å². The predicted molar refractivity (Wildman–Crippen MR) is 119 cm³/mol. The molecular weight excluding hydrogens is 436 g/mol. The first kappa shape index (κ1) is 25.2. The number of rotatable bonds is 10. The number of carbonyl (C=O) groups is 3. The maximum absolute atomic E-state index is 13.5. The fourth-order valence-corrected chi connectivity index (χ4v) is 3.92. The van der Waals surface area contributed by atoms with Gasteiger partial charge in [-0.1, -0.05) is 24.6 Å². The molecule has 0 aromatic heterocycles. The fraction of sp³-hybridized carbons (Fsp3) is 0.375. The molecule has 2 atom stereocenters. The molecule has 0 N–H and O–H groups in total. The third-order valence-electron chi connectivity index (χ3n) is 5.40. The van der Waals surface area contributed by atoms with Crippen LogP contribution < -0.4 is 9.47 Å². The molecule has 2 aromatic carbocycles. The van der Waals surface area contributed by atoms with Gasteiger partial charge in [-0.05, 0) is 48.4 Å². The van der Waals surface area contributed by atoms with Gasteiger partial charge >= 0.3 is 11.9 Å². The topological polar surface area (TPSA) is 88.1 Å². The lowest BCUT2D eigenvalue weighted by molar-refractivity contribution is -0.160. The second kappa shape index (κ2) is 11.5. The zero-order chi connectivity index (χ0) is 23.8. The maximum Gasteiger partial charge on any atom is 0.320 e. The number of ketones is 1. The summed E-state index contributed by atoms with van der Waals surface area (Å²) >= 11 is 5.96. The number of carbonyl (C=O) groups excluding carboxylic acids is 3. The summed E-state index contributed by atoms with van der Waals surface area (Å²) < 4.78 is 20.5.